The molecule has 29 heavy (non-hydrogen) atoms. The third-order valence-corrected chi connectivity index (χ3v) is 5.15. The van der Waals surface area contributed by atoms with Crippen LogP contribution in [-0.2, 0) is 9.53 Å². The van der Waals surface area contributed by atoms with Crippen LogP contribution in [0.4, 0.5) is 0 Å². The van der Waals surface area contributed by atoms with Gasteiger partial charge in [-0.05, 0) is 44.0 Å². The molecule has 150 valence electrons. The summed E-state index contributed by atoms with van der Waals surface area (Å²) in [6.07, 6.45) is 6.92. The highest BCUT2D eigenvalue weighted by Gasteiger charge is 2.32. The molecule has 1 fully saturated rings. The van der Waals surface area contributed by atoms with Crippen LogP contribution in [0.3, 0.4) is 0 Å². The molecule has 0 spiro atoms. The number of aromatic nitrogens is 3. The highest BCUT2D eigenvalue weighted by molar-refractivity contribution is 5.97. The van der Waals surface area contributed by atoms with Crippen molar-refractivity contribution in [3.05, 3.63) is 66.6 Å². The minimum absolute atomic E-state index is 0.120. The summed E-state index contributed by atoms with van der Waals surface area (Å²) in [7, 11) is 0. The lowest BCUT2D eigenvalue weighted by Crippen LogP contribution is -2.43. The van der Waals surface area contributed by atoms with Gasteiger partial charge >= 0.3 is 5.97 Å². The molecule has 2 aromatic heterocycles. The number of likely N-dealkylation sites (tertiary alicyclic amines) is 1. The SMILES string of the molecule is CCOC(=O)C1CCCN(C(=O)c2cnn(-c3ccccc3)c2-n2cccc2)C1. The summed E-state index contributed by atoms with van der Waals surface area (Å²) < 4.78 is 8.82. The Labute approximate surface area is 169 Å². The van der Waals surface area contributed by atoms with E-state index in [-0.39, 0.29) is 17.8 Å². The van der Waals surface area contributed by atoms with Gasteiger partial charge in [0.25, 0.3) is 5.91 Å². The van der Waals surface area contributed by atoms with Crippen LogP contribution in [0.25, 0.3) is 11.5 Å². The Morgan fingerprint density at radius 3 is 2.62 bits per heavy atom. The number of para-hydroxylation sites is 1. The minimum Gasteiger partial charge on any atom is -0.466 e. The summed E-state index contributed by atoms with van der Waals surface area (Å²) in [6.45, 7) is 3.14. The van der Waals surface area contributed by atoms with Crippen molar-refractivity contribution >= 4 is 11.9 Å². The van der Waals surface area contributed by atoms with E-state index in [2.05, 4.69) is 5.10 Å². The second-order valence-electron chi connectivity index (χ2n) is 7.06. The van der Waals surface area contributed by atoms with Crippen molar-refractivity contribution in [1.82, 2.24) is 19.2 Å². The van der Waals surface area contributed by atoms with Gasteiger partial charge < -0.3 is 14.2 Å². The molecule has 0 saturated carbocycles. The Morgan fingerprint density at radius 1 is 1.14 bits per heavy atom. The zero-order valence-corrected chi connectivity index (χ0v) is 16.4. The fraction of sp³-hybridized carbons (Fsp3) is 0.318. The Bertz CT molecular complexity index is 979. The molecule has 7 heteroatoms. The molecular formula is C22H24N4O3. The van der Waals surface area contributed by atoms with Gasteiger partial charge in [0, 0.05) is 25.5 Å². The summed E-state index contributed by atoms with van der Waals surface area (Å²) in [5, 5.41) is 4.50. The molecule has 1 saturated heterocycles. The molecule has 7 nitrogen and oxygen atoms in total. The number of nitrogens with zero attached hydrogens (tertiary/aromatic N) is 4. The maximum atomic E-state index is 13.4. The van der Waals surface area contributed by atoms with E-state index in [1.54, 1.807) is 22.7 Å². The molecule has 1 aromatic carbocycles. The van der Waals surface area contributed by atoms with Crippen LogP contribution in [0.1, 0.15) is 30.1 Å². The highest BCUT2D eigenvalue weighted by atomic mass is 16.5. The second-order valence-corrected chi connectivity index (χ2v) is 7.06. The fourth-order valence-electron chi connectivity index (χ4n) is 3.76. The van der Waals surface area contributed by atoms with E-state index < -0.39 is 0 Å². The van der Waals surface area contributed by atoms with Crippen molar-refractivity contribution in [2.75, 3.05) is 19.7 Å². The van der Waals surface area contributed by atoms with Gasteiger partial charge in [0.1, 0.15) is 5.56 Å². The van der Waals surface area contributed by atoms with Gasteiger partial charge in [-0.2, -0.15) is 5.10 Å². The first-order chi connectivity index (χ1) is 14.2. The molecular weight excluding hydrogens is 368 g/mol. The molecule has 1 atom stereocenters. The molecule has 4 rings (SSSR count). The molecule has 3 heterocycles. The van der Waals surface area contributed by atoms with Crippen LogP contribution in [0, 0.1) is 5.92 Å². The number of ether oxygens (including phenoxy) is 1. The first-order valence-electron chi connectivity index (χ1n) is 9.91. The molecule has 1 amide bonds. The van der Waals surface area contributed by atoms with Crippen molar-refractivity contribution in [2.45, 2.75) is 19.8 Å². The number of amides is 1. The monoisotopic (exact) mass is 392 g/mol. The summed E-state index contributed by atoms with van der Waals surface area (Å²) in [6, 6.07) is 13.5. The minimum atomic E-state index is -0.271. The van der Waals surface area contributed by atoms with E-state index in [4.69, 9.17) is 4.74 Å². The van der Waals surface area contributed by atoms with E-state index in [1.807, 2.05) is 59.4 Å². The molecule has 0 aliphatic carbocycles. The Morgan fingerprint density at radius 2 is 1.90 bits per heavy atom. The highest BCUT2D eigenvalue weighted by Crippen LogP contribution is 2.24. The van der Waals surface area contributed by atoms with Crippen LogP contribution in [-0.4, -0.2) is 50.8 Å². The van der Waals surface area contributed by atoms with Gasteiger partial charge in [-0.25, -0.2) is 4.68 Å². The molecule has 1 aliphatic rings. The normalized spacial score (nSPS) is 16.6. The maximum absolute atomic E-state index is 13.4. The van der Waals surface area contributed by atoms with Crippen LogP contribution in [0.5, 0.6) is 0 Å². The molecule has 0 bridgehead atoms. The van der Waals surface area contributed by atoms with E-state index >= 15 is 0 Å². The third-order valence-electron chi connectivity index (χ3n) is 5.15. The van der Waals surface area contributed by atoms with Gasteiger partial charge in [0.2, 0.25) is 0 Å². The fourth-order valence-corrected chi connectivity index (χ4v) is 3.76. The van der Waals surface area contributed by atoms with Crippen molar-refractivity contribution < 1.29 is 14.3 Å². The predicted molar refractivity (Wildman–Crippen MR) is 108 cm³/mol. The first kappa shape index (κ1) is 19.0. The quantitative estimate of drug-likeness (QED) is 0.626. The van der Waals surface area contributed by atoms with Crippen LogP contribution in [0.2, 0.25) is 0 Å². The predicted octanol–water partition coefficient (Wildman–Crippen LogP) is 3.08. The maximum Gasteiger partial charge on any atom is 0.310 e. The average Bonchev–Trinajstić information content (AvgIpc) is 3.44. The number of benzene rings is 1. The zero-order valence-electron chi connectivity index (χ0n) is 16.4. The number of hydrogen-bond donors (Lipinski definition) is 0. The average molecular weight is 392 g/mol. The Balaban J connectivity index is 1.67. The van der Waals surface area contributed by atoms with Crippen LogP contribution < -0.4 is 0 Å². The number of rotatable bonds is 5. The van der Waals surface area contributed by atoms with Crippen molar-refractivity contribution in [1.29, 1.82) is 0 Å². The first-order valence-corrected chi connectivity index (χ1v) is 9.91. The smallest absolute Gasteiger partial charge is 0.310 e. The van der Waals surface area contributed by atoms with Gasteiger partial charge in [0.05, 0.1) is 24.4 Å². The number of carbonyl (C=O) groups is 2. The van der Waals surface area contributed by atoms with E-state index in [9.17, 15) is 9.59 Å². The number of piperidine rings is 1. The lowest BCUT2D eigenvalue weighted by atomic mass is 9.97. The van der Waals surface area contributed by atoms with E-state index in [0.29, 0.717) is 31.1 Å². The topological polar surface area (TPSA) is 69.4 Å². The van der Waals surface area contributed by atoms with Gasteiger partial charge in [-0.1, -0.05) is 18.2 Å². The van der Waals surface area contributed by atoms with Crippen molar-refractivity contribution in [3.63, 3.8) is 0 Å². The van der Waals surface area contributed by atoms with E-state index in [1.165, 1.54) is 0 Å². The Hall–Kier alpha value is -3.35. The summed E-state index contributed by atoms with van der Waals surface area (Å²) in [4.78, 5) is 27.3. The summed E-state index contributed by atoms with van der Waals surface area (Å²) >= 11 is 0. The zero-order chi connectivity index (χ0) is 20.2. The van der Waals surface area contributed by atoms with E-state index in [0.717, 1.165) is 18.5 Å². The van der Waals surface area contributed by atoms with Gasteiger partial charge in [0.15, 0.2) is 5.82 Å². The lowest BCUT2D eigenvalue weighted by molar-refractivity contribution is -0.149. The van der Waals surface area contributed by atoms with Crippen molar-refractivity contribution in [3.8, 4) is 11.5 Å². The summed E-state index contributed by atoms with van der Waals surface area (Å²) in [5.74, 6) is 0.0665. The summed E-state index contributed by atoms with van der Waals surface area (Å²) in [5.41, 5.74) is 1.38. The van der Waals surface area contributed by atoms with Gasteiger partial charge in [-0.3, -0.25) is 9.59 Å². The second kappa shape index (κ2) is 8.34. The number of hydrogen-bond acceptors (Lipinski definition) is 4. The number of carbonyl (C=O) groups excluding carboxylic acids is 2. The standard InChI is InChI=1S/C22H24N4O3/c1-2-29-22(28)17-9-8-14-25(16-17)21(27)19-15-23-26(18-10-4-3-5-11-18)20(19)24-12-6-7-13-24/h3-7,10-13,15,17H,2,8-9,14,16H2,1H3. The molecule has 0 N–H and O–H groups in total. The van der Waals surface area contributed by atoms with Crippen LogP contribution >= 0.6 is 0 Å². The lowest BCUT2D eigenvalue weighted by Gasteiger charge is -2.31. The Kier molecular flexibility index (Phi) is 5.46. The molecule has 1 aliphatic heterocycles. The molecule has 0 radical (unpaired) electrons. The third kappa shape index (κ3) is 3.81. The largest absolute Gasteiger partial charge is 0.466 e. The van der Waals surface area contributed by atoms with Gasteiger partial charge in [-0.15, -0.1) is 0 Å². The van der Waals surface area contributed by atoms with Crippen molar-refractivity contribution in [2.24, 2.45) is 5.92 Å². The molecule has 1 unspecified atom stereocenters. The molecule has 3 aromatic rings. The number of esters is 1. The van der Waals surface area contributed by atoms with Crippen LogP contribution in [0.15, 0.2) is 61.1 Å².